The number of ketones is 1. The SMILES string of the molecule is COc1ccc(/C=C(\C#N)C(=O)OCC(=O)c2ccc(-c3ccccc3)cc2)cc1. The zero-order valence-electron chi connectivity index (χ0n) is 16.4. The molecule has 0 aliphatic carbocycles. The molecule has 5 nitrogen and oxygen atoms in total. The van der Waals surface area contributed by atoms with Gasteiger partial charge in [0.25, 0.3) is 0 Å². The van der Waals surface area contributed by atoms with Gasteiger partial charge in [0.05, 0.1) is 7.11 Å². The lowest BCUT2D eigenvalue weighted by atomic mass is 10.0. The van der Waals surface area contributed by atoms with Crippen LogP contribution in [0.15, 0.2) is 84.4 Å². The van der Waals surface area contributed by atoms with E-state index < -0.39 is 12.6 Å². The van der Waals surface area contributed by atoms with Gasteiger partial charge in [-0.3, -0.25) is 4.79 Å². The smallest absolute Gasteiger partial charge is 0.349 e. The Morgan fingerprint density at radius 2 is 1.53 bits per heavy atom. The number of hydrogen-bond donors (Lipinski definition) is 0. The van der Waals surface area contributed by atoms with E-state index >= 15 is 0 Å². The molecule has 0 amide bonds. The Hall–Kier alpha value is -4.17. The summed E-state index contributed by atoms with van der Waals surface area (Å²) in [5.74, 6) is -0.524. The van der Waals surface area contributed by atoms with E-state index in [-0.39, 0.29) is 11.4 Å². The molecule has 0 aliphatic heterocycles. The lowest BCUT2D eigenvalue weighted by Gasteiger charge is -2.06. The molecule has 3 aromatic rings. The van der Waals surface area contributed by atoms with Crippen molar-refractivity contribution >= 4 is 17.8 Å². The van der Waals surface area contributed by atoms with E-state index in [0.717, 1.165) is 11.1 Å². The first-order valence-electron chi connectivity index (χ1n) is 9.22. The van der Waals surface area contributed by atoms with Crippen LogP contribution in [0.4, 0.5) is 0 Å². The second kappa shape index (κ2) is 9.85. The van der Waals surface area contributed by atoms with Crippen LogP contribution in [0.3, 0.4) is 0 Å². The number of carbonyl (C=O) groups excluding carboxylic acids is 2. The fraction of sp³-hybridized carbons (Fsp3) is 0.0800. The molecular formula is C25H19NO4. The van der Waals surface area contributed by atoms with E-state index in [2.05, 4.69) is 0 Å². The third-order valence-electron chi connectivity index (χ3n) is 4.42. The molecule has 0 atom stereocenters. The molecule has 3 rings (SSSR count). The van der Waals surface area contributed by atoms with Gasteiger partial charge in [0.1, 0.15) is 17.4 Å². The summed E-state index contributed by atoms with van der Waals surface area (Å²) in [6, 6.07) is 25.5. The summed E-state index contributed by atoms with van der Waals surface area (Å²) in [5, 5.41) is 9.25. The van der Waals surface area contributed by atoms with Crippen LogP contribution >= 0.6 is 0 Å². The molecule has 0 fully saturated rings. The molecule has 3 aromatic carbocycles. The molecule has 0 aliphatic rings. The van der Waals surface area contributed by atoms with E-state index in [9.17, 15) is 14.9 Å². The summed E-state index contributed by atoms with van der Waals surface area (Å²) in [5.41, 5.74) is 2.92. The maximum absolute atomic E-state index is 12.3. The van der Waals surface area contributed by atoms with Crippen molar-refractivity contribution in [1.29, 1.82) is 5.26 Å². The van der Waals surface area contributed by atoms with E-state index in [4.69, 9.17) is 9.47 Å². The number of ether oxygens (including phenoxy) is 2. The molecule has 0 radical (unpaired) electrons. The predicted octanol–water partition coefficient (Wildman–Crippen LogP) is 4.70. The van der Waals surface area contributed by atoms with Crippen LogP contribution in [0.5, 0.6) is 5.75 Å². The van der Waals surface area contributed by atoms with Crippen LogP contribution in [0, 0.1) is 11.3 Å². The fourth-order valence-corrected chi connectivity index (χ4v) is 2.77. The van der Waals surface area contributed by atoms with Crippen LogP contribution in [0.2, 0.25) is 0 Å². The quantitative estimate of drug-likeness (QED) is 0.250. The molecule has 30 heavy (non-hydrogen) atoms. The van der Waals surface area contributed by atoms with E-state index in [1.807, 2.05) is 48.5 Å². The van der Waals surface area contributed by atoms with Crippen molar-refractivity contribution in [2.24, 2.45) is 0 Å². The first kappa shape index (κ1) is 20.6. The topological polar surface area (TPSA) is 76.4 Å². The maximum Gasteiger partial charge on any atom is 0.349 e. The van der Waals surface area contributed by atoms with Crippen molar-refractivity contribution in [3.05, 3.63) is 95.6 Å². The standard InChI is InChI=1S/C25H19NO4/c1-29-23-13-7-18(8-14-23)15-22(16-26)25(28)30-17-24(27)21-11-9-20(10-12-21)19-5-3-2-4-6-19/h2-15H,17H2,1H3/b22-15+. The van der Waals surface area contributed by atoms with Gasteiger partial charge >= 0.3 is 5.97 Å². The van der Waals surface area contributed by atoms with E-state index in [0.29, 0.717) is 16.9 Å². The molecule has 0 saturated carbocycles. The minimum Gasteiger partial charge on any atom is -0.497 e. The lowest BCUT2D eigenvalue weighted by Crippen LogP contribution is -2.15. The Balaban J connectivity index is 1.62. The number of benzene rings is 3. The van der Waals surface area contributed by atoms with E-state index in [1.54, 1.807) is 43.5 Å². The van der Waals surface area contributed by atoms with Crippen molar-refractivity contribution in [2.75, 3.05) is 13.7 Å². The van der Waals surface area contributed by atoms with Crippen LogP contribution in [0.1, 0.15) is 15.9 Å². The van der Waals surface area contributed by atoms with Gasteiger partial charge in [-0.2, -0.15) is 5.26 Å². The molecule has 0 bridgehead atoms. The van der Waals surface area contributed by atoms with Gasteiger partial charge in [-0.25, -0.2) is 4.79 Å². The zero-order chi connectivity index (χ0) is 21.3. The van der Waals surface area contributed by atoms with Crippen molar-refractivity contribution in [3.63, 3.8) is 0 Å². The summed E-state index contributed by atoms with van der Waals surface area (Å²) >= 11 is 0. The van der Waals surface area contributed by atoms with Gasteiger partial charge in [-0.15, -0.1) is 0 Å². The van der Waals surface area contributed by atoms with Gasteiger partial charge in [-0.1, -0.05) is 66.7 Å². The van der Waals surface area contributed by atoms with Crippen LogP contribution in [-0.2, 0) is 9.53 Å². The van der Waals surface area contributed by atoms with Crippen molar-refractivity contribution in [3.8, 4) is 22.9 Å². The van der Waals surface area contributed by atoms with Crippen LogP contribution in [-0.4, -0.2) is 25.5 Å². The van der Waals surface area contributed by atoms with Crippen molar-refractivity contribution in [1.82, 2.24) is 0 Å². The highest BCUT2D eigenvalue weighted by atomic mass is 16.5. The molecule has 0 aromatic heterocycles. The van der Waals surface area contributed by atoms with Gasteiger partial charge in [0.15, 0.2) is 12.4 Å². The Labute approximate surface area is 174 Å². The first-order chi connectivity index (χ1) is 14.6. The first-order valence-corrected chi connectivity index (χ1v) is 9.22. The highest BCUT2D eigenvalue weighted by Gasteiger charge is 2.14. The lowest BCUT2D eigenvalue weighted by molar-refractivity contribution is -0.137. The van der Waals surface area contributed by atoms with Gasteiger partial charge in [0, 0.05) is 5.56 Å². The monoisotopic (exact) mass is 397 g/mol. The normalized spacial score (nSPS) is 10.7. The number of carbonyl (C=O) groups is 2. The highest BCUT2D eigenvalue weighted by molar-refractivity contribution is 6.02. The van der Waals surface area contributed by atoms with Gasteiger partial charge < -0.3 is 9.47 Å². The zero-order valence-corrected chi connectivity index (χ0v) is 16.4. The molecule has 0 saturated heterocycles. The number of methoxy groups -OCH3 is 1. The third kappa shape index (κ3) is 5.21. The summed E-state index contributed by atoms with van der Waals surface area (Å²) in [6.45, 7) is -0.439. The molecule has 5 heteroatoms. The second-order valence-corrected chi connectivity index (χ2v) is 6.39. The summed E-state index contributed by atoms with van der Waals surface area (Å²) in [6.07, 6.45) is 1.40. The van der Waals surface area contributed by atoms with Gasteiger partial charge in [-0.05, 0) is 34.9 Å². The average molecular weight is 397 g/mol. The van der Waals surface area contributed by atoms with Crippen LogP contribution < -0.4 is 4.74 Å². The number of Topliss-reactive ketones (excluding diaryl/α,β-unsaturated/α-hetero) is 1. The Morgan fingerprint density at radius 3 is 2.13 bits per heavy atom. The molecule has 0 heterocycles. The largest absolute Gasteiger partial charge is 0.497 e. The molecule has 0 unspecified atom stereocenters. The number of nitriles is 1. The fourth-order valence-electron chi connectivity index (χ4n) is 2.77. The Morgan fingerprint density at radius 1 is 0.900 bits per heavy atom. The highest BCUT2D eigenvalue weighted by Crippen LogP contribution is 2.19. The minimum absolute atomic E-state index is 0.188. The number of hydrogen-bond acceptors (Lipinski definition) is 5. The summed E-state index contributed by atoms with van der Waals surface area (Å²) in [7, 11) is 1.55. The van der Waals surface area contributed by atoms with Crippen LogP contribution in [0.25, 0.3) is 17.2 Å². The summed E-state index contributed by atoms with van der Waals surface area (Å²) < 4.78 is 10.1. The number of esters is 1. The molecule has 0 N–H and O–H groups in total. The molecule has 0 spiro atoms. The third-order valence-corrected chi connectivity index (χ3v) is 4.42. The Kier molecular flexibility index (Phi) is 6.75. The average Bonchev–Trinajstić information content (AvgIpc) is 2.81. The van der Waals surface area contributed by atoms with E-state index in [1.165, 1.54) is 6.08 Å². The Bertz CT molecular complexity index is 1090. The second-order valence-electron chi connectivity index (χ2n) is 6.39. The van der Waals surface area contributed by atoms with Crippen molar-refractivity contribution in [2.45, 2.75) is 0 Å². The summed E-state index contributed by atoms with van der Waals surface area (Å²) in [4.78, 5) is 24.5. The molecule has 148 valence electrons. The minimum atomic E-state index is -0.845. The predicted molar refractivity (Wildman–Crippen MR) is 114 cm³/mol. The molecular weight excluding hydrogens is 378 g/mol. The van der Waals surface area contributed by atoms with Gasteiger partial charge in [0.2, 0.25) is 0 Å². The maximum atomic E-state index is 12.3. The van der Waals surface area contributed by atoms with Crippen molar-refractivity contribution < 1.29 is 19.1 Å². The number of nitrogens with zero attached hydrogens (tertiary/aromatic N) is 1. The number of rotatable bonds is 7.